The fraction of sp³-hybridized carbons (Fsp3) is 0.333. The largest absolute Gasteiger partial charge is 0.395 e. The summed E-state index contributed by atoms with van der Waals surface area (Å²) in [5, 5.41) is 23.2. The predicted molar refractivity (Wildman–Crippen MR) is 90.3 cm³/mol. The Morgan fingerprint density at radius 2 is 1.78 bits per heavy atom. The van der Waals surface area contributed by atoms with E-state index in [4.69, 9.17) is 5.11 Å². The van der Waals surface area contributed by atoms with Crippen LogP contribution in [0, 0.1) is 10.1 Å². The molecule has 0 fully saturated rings. The summed E-state index contributed by atoms with van der Waals surface area (Å²) in [7, 11) is 0. The van der Waals surface area contributed by atoms with Gasteiger partial charge in [-0.25, -0.2) is 0 Å². The Hall–Kier alpha value is -2.24. The third-order valence-electron chi connectivity index (χ3n) is 4.10. The van der Waals surface area contributed by atoms with E-state index in [1.54, 1.807) is 12.1 Å². The molecule has 1 atom stereocenters. The van der Waals surface area contributed by atoms with Crippen LogP contribution >= 0.6 is 0 Å². The van der Waals surface area contributed by atoms with Crippen molar-refractivity contribution in [1.82, 2.24) is 5.32 Å². The van der Waals surface area contributed by atoms with E-state index in [1.165, 1.54) is 12.1 Å². The first-order valence-electron chi connectivity index (χ1n) is 7.70. The first kappa shape index (κ1) is 17.1. The fourth-order valence-electron chi connectivity index (χ4n) is 2.65. The third kappa shape index (κ3) is 4.61. The second kappa shape index (κ2) is 7.85. The van der Waals surface area contributed by atoms with Gasteiger partial charge in [-0.3, -0.25) is 10.1 Å². The van der Waals surface area contributed by atoms with Crippen molar-refractivity contribution < 1.29 is 10.0 Å². The molecule has 23 heavy (non-hydrogen) atoms. The van der Waals surface area contributed by atoms with Crippen molar-refractivity contribution in [1.29, 1.82) is 0 Å². The van der Waals surface area contributed by atoms with Crippen molar-refractivity contribution in [2.45, 2.75) is 25.3 Å². The number of benzene rings is 2. The molecule has 0 aliphatic carbocycles. The van der Waals surface area contributed by atoms with Crippen LogP contribution in [0.1, 0.15) is 24.5 Å². The van der Waals surface area contributed by atoms with Gasteiger partial charge in [0.25, 0.3) is 5.69 Å². The lowest BCUT2D eigenvalue weighted by molar-refractivity contribution is -0.384. The van der Waals surface area contributed by atoms with Gasteiger partial charge in [-0.2, -0.15) is 0 Å². The van der Waals surface area contributed by atoms with E-state index in [2.05, 4.69) is 24.4 Å². The molecule has 0 spiro atoms. The summed E-state index contributed by atoms with van der Waals surface area (Å²) in [5.74, 6) is 0. The van der Waals surface area contributed by atoms with Crippen LogP contribution in [0.25, 0.3) is 0 Å². The van der Waals surface area contributed by atoms with E-state index < -0.39 is 0 Å². The summed E-state index contributed by atoms with van der Waals surface area (Å²) in [6, 6.07) is 16.8. The van der Waals surface area contributed by atoms with Gasteiger partial charge in [0.1, 0.15) is 0 Å². The molecule has 5 heteroatoms. The Bertz CT molecular complexity index is 628. The average molecular weight is 314 g/mol. The normalized spacial score (nSPS) is 13.5. The van der Waals surface area contributed by atoms with Crippen LogP contribution in [-0.2, 0) is 12.0 Å². The number of aliphatic hydroxyl groups is 1. The molecule has 0 saturated carbocycles. The van der Waals surface area contributed by atoms with Gasteiger partial charge >= 0.3 is 0 Å². The van der Waals surface area contributed by atoms with Crippen LogP contribution in [0.15, 0.2) is 54.6 Å². The fourth-order valence-corrected chi connectivity index (χ4v) is 2.65. The number of hydrogen-bond acceptors (Lipinski definition) is 4. The molecule has 122 valence electrons. The van der Waals surface area contributed by atoms with E-state index >= 15 is 0 Å². The minimum Gasteiger partial charge on any atom is -0.395 e. The van der Waals surface area contributed by atoms with E-state index in [9.17, 15) is 10.1 Å². The molecule has 2 aromatic rings. The summed E-state index contributed by atoms with van der Waals surface area (Å²) >= 11 is 0. The summed E-state index contributed by atoms with van der Waals surface area (Å²) in [6.07, 6.45) is 1.62. The van der Waals surface area contributed by atoms with Gasteiger partial charge < -0.3 is 10.4 Å². The van der Waals surface area contributed by atoms with Crippen molar-refractivity contribution in [3.63, 3.8) is 0 Å². The molecule has 0 aliphatic heterocycles. The van der Waals surface area contributed by atoms with Crippen LogP contribution in [0.2, 0.25) is 0 Å². The van der Waals surface area contributed by atoms with E-state index in [1.807, 2.05) is 18.2 Å². The lowest BCUT2D eigenvalue weighted by Gasteiger charge is -2.32. The topological polar surface area (TPSA) is 75.4 Å². The van der Waals surface area contributed by atoms with Gasteiger partial charge in [0.05, 0.1) is 11.5 Å². The van der Waals surface area contributed by atoms with Gasteiger partial charge in [-0.05, 0) is 30.9 Å². The second-order valence-corrected chi connectivity index (χ2v) is 5.77. The Morgan fingerprint density at radius 1 is 1.13 bits per heavy atom. The molecule has 0 aromatic heterocycles. The summed E-state index contributed by atoms with van der Waals surface area (Å²) in [6.45, 7) is 2.72. The number of nitro benzene ring substituents is 1. The second-order valence-electron chi connectivity index (χ2n) is 5.77. The average Bonchev–Trinajstić information content (AvgIpc) is 2.59. The Morgan fingerprint density at radius 3 is 2.35 bits per heavy atom. The van der Waals surface area contributed by atoms with Gasteiger partial charge in [-0.1, -0.05) is 42.5 Å². The molecule has 1 unspecified atom stereocenters. The Balaban J connectivity index is 2.10. The maximum Gasteiger partial charge on any atom is 0.269 e. The van der Waals surface area contributed by atoms with E-state index in [0.717, 1.165) is 24.0 Å². The highest BCUT2D eigenvalue weighted by Gasteiger charge is 2.25. The van der Waals surface area contributed by atoms with Crippen molar-refractivity contribution in [3.05, 3.63) is 75.8 Å². The quantitative estimate of drug-likeness (QED) is 0.580. The molecular weight excluding hydrogens is 292 g/mol. The minimum absolute atomic E-state index is 0.0833. The molecular formula is C18H22N2O3. The molecule has 0 heterocycles. The molecule has 0 saturated heterocycles. The van der Waals surface area contributed by atoms with Crippen LogP contribution in [0.5, 0.6) is 0 Å². The lowest BCUT2D eigenvalue weighted by Crippen LogP contribution is -2.41. The Kier molecular flexibility index (Phi) is 5.84. The van der Waals surface area contributed by atoms with Crippen LogP contribution < -0.4 is 5.32 Å². The molecule has 5 nitrogen and oxygen atoms in total. The first-order chi connectivity index (χ1) is 11.0. The van der Waals surface area contributed by atoms with Crippen LogP contribution in [-0.4, -0.2) is 23.2 Å². The number of rotatable bonds is 8. The lowest BCUT2D eigenvalue weighted by atomic mass is 9.86. The molecule has 2 rings (SSSR count). The molecule has 0 aliphatic rings. The van der Waals surface area contributed by atoms with Crippen molar-refractivity contribution in [2.75, 3.05) is 13.2 Å². The first-order valence-corrected chi connectivity index (χ1v) is 7.70. The zero-order valence-corrected chi connectivity index (χ0v) is 13.2. The molecule has 2 N–H and O–H groups in total. The van der Waals surface area contributed by atoms with Crippen molar-refractivity contribution in [2.24, 2.45) is 0 Å². The molecule has 0 bridgehead atoms. The van der Waals surface area contributed by atoms with Crippen molar-refractivity contribution in [3.8, 4) is 0 Å². The van der Waals surface area contributed by atoms with Gasteiger partial charge in [0, 0.05) is 24.2 Å². The van der Waals surface area contributed by atoms with E-state index in [0.29, 0.717) is 6.54 Å². The molecule has 0 radical (unpaired) electrons. The number of nitrogens with zero attached hydrogens (tertiary/aromatic N) is 1. The van der Waals surface area contributed by atoms with Gasteiger partial charge in [0.2, 0.25) is 0 Å². The number of non-ortho nitro benzene ring substituents is 1. The summed E-state index contributed by atoms with van der Waals surface area (Å²) in [5.41, 5.74) is 2.07. The highest BCUT2D eigenvalue weighted by atomic mass is 16.6. The maximum atomic E-state index is 10.7. The molecule has 2 aromatic carbocycles. The number of nitrogens with one attached hydrogen (secondary N) is 1. The van der Waals surface area contributed by atoms with Crippen molar-refractivity contribution >= 4 is 5.69 Å². The number of hydrogen-bond donors (Lipinski definition) is 2. The Labute approximate surface area is 136 Å². The summed E-state index contributed by atoms with van der Waals surface area (Å²) < 4.78 is 0. The zero-order valence-electron chi connectivity index (χ0n) is 13.2. The zero-order chi connectivity index (χ0) is 16.7. The van der Waals surface area contributed by atoms with Crippen LogP contribution in [0.4, 0.5) is 5.69 Å². The van der Waals surface area contributed by atoms with E-state index in [-0.39, 0.29) is 22.8 Å². The van der Waals surface area contributed by atoms with Gasteiger partial charge in [0.15, 0.2) is 0 Å². The smallest absolute Gasteiger partial charge is 0.269 e. The predicted octanol–water partition coefficient (Wildman–Crippen LogP) is 3.02. The number of aryl methyl sites for hydroxylation is 1. The third-order valence-corrected chi connectivity index (χ3v) is 4.10. The monoisotopic (exact) mass is 314 g/mol. The highest BCUT2D eigenvalue weighted by molar-refractivity contribution is 5.33. The highest BCUT2D eigenvalue weighted by Crippen LogP contribution is 2.26. The standard InChI is InChI=1S/C18H22N2O3/c1-18(19-13-14-21,16-5-3-2-4-6-16)12-11-15-7-9-17(10-8-15)20(22)23/h2-10,19,21H,11-14H2,1H3. The SMILES string of the molecule is CC(CCc1ccc([N+](=O)[O-])cc1)(NCCO)c1ccccc1. The maximum absolute atomic E-state index is 10.7. The van der Waals surface area contributed by atoms with Gasteiger partial charge in [-0.15, -0.1) is 0 Å². The summed E-state index contributed by atoms with van der Waals surface area (Å²) in [4.78, 5) is 10.3. The van der Waals surface area contributed by atoms with Crippen LogP contribution in [0.3, 0.4) is 0 Å². The number of aliphatic hydroxyl groups excluding tert-OH is 1. The number of nitro groups is 1. The minimum atomic E-state index is -0.388. The molecule has 0 amide bonds.